The molecule has 3 aromatic rings. The van der Waals surface area contributed by atoms with Crippen molar-refractivity contribution in [1.29, 1.82) is 0 Å². The first-order chi connectivity index (χ1) is 12.3. The Kier molecular flexibility index (Phi) is 4.63. The largest absolute Gasteiger partial charge is 0.491 e. The SMILES string of the molecule is OC(CNC1CCc2ncnn2C1)COc1ccc2ccccc2c1. The Hall–Kier alpha value is -2.44. The lowest BCUT2D eigenvalue weighted by Crippen LogP contribution is -2.42. The highest BCUT2D eigenvalue weighted by atomic mass is 16.5. The van der Waals surface area contributed by atoms with Crippen molar-refractivity contribution in [2.45, 2.75) is 31.5 Å². The number of ether oxygens (including phenoxy) is 1. The Morgan fingerprint density at radius 2 is 2.12 bits per heavy atom. The highest BCUT2D eigenvalue weighted by molar-refractivity contribution is 5.83. The fourth-order valence-corrected chi connectivity index (χ4v) is 3.22. The summed E-state index contributed by atoms with van der Waals surface area (Å²) in [5, 5.41) is 20.1. The molecule has 6 heteroatoms. The summed E-state index contributed by atoms with van der Waals surface area (Å²) < 4.78 is 7.67. The molecule has 0 saturated carbocycles. The standard InChI is InChI=1S/C19H22N4O2/c24-17(10-20-16-6-8-19-21-13-22-23(19)11-16)12-25-18-7-5-14-3-1-2-4-15(14)9-18/h1-5,7,9,13,16-17,20,24H,6,8,10-12H2. The van der Waals surface area contributed by atoms with Crippen LogP contribution in [-0.2, 0) is 13.0 Å². The van der Waals surface area contributed by atoms with E-state index in [1.54, 1.807) is 6.33 Å². The van der Waals surface area contributed by atoms with Gasteiger partial charge in [0.15, 0.2) is 0 Å². The van der Waals surface area contributed by atoms with Crippen LogP contribution in [0.15, 0.2) is 48.8 Å². The van der Waals surface area contributed by atoms with Crippen molar-refractivity contribution in [2.75, 3.05) is 13.2 Å². The zero-order valence-electron chi connectivity index (χ0n) is 14.0. The number of aryl methyl sites for hydroxylation is 1. The summed E-state index contributed by atoms with van der Waals surface area (Å²) in [6.07, 6.45) is 2.98. The molecule has 2 atom stereocenters. The number of benzene rings is 2. The maximum absolute atomic E-state index is 10.2. The van der Waals surface area contributed by atoms with E-state index in [9.17, 15) is 5.11 Å². The van der Waals surface area contributed by atoms with Crippen molar-refractivity contribution in [2.24, 2.45) is 0 Å². The molecule has 2 unspecified atom stereocenters. The van der Waals surface area contributed by atoms with Crippen molar-refractivity contribution in [3.63, 3.8) is 0 Å². The smallest absolute Gasteiger partial charge is 0.138 e. The van der Waals surface area contributed by atoms with Crippen LogP contribution in [0, 0.1) is 0 Å². The van der Waals surface area contributed by atoms with Crippen molar-refractivity contribution in [3.05, 3.63) is 54.6 Å². The molecule has 2 aromatic carbocycles. The fraction of sp³-hybridized carbons (Fsp3) is 0.368. The van der Waals surface area contributed by atoms with E-state index < -0.39 is 6.10 Å². The van der Waals surface area contributed by atoms with Gasteiger partial charge >= 0.3 is 0 Å². The number of nitrogens with one attached hydrogen (secondary N) is 1. The second-order valence-corrected chi connectivity index (χ2v) is 6.48. The van der Waals surface area contributed by atoms with Crippen molar-refractivity contribution >= 4 is 10.8 Å². The Morgan fingerprint density at radius 1 is 1.24 bits per heavy atom. The number of aromatic nitrogens is 3. The highest BCUT2D eigenvalue weighted by Gasteiger charge is 2.20. The fourth-order valence-electron chi connectivity index (χ4n) is 3.22. The number of fused-ring (bicyclic) bond motifs is 2. The minimum Gasteiger partial charge on any atom is -0.491 e. The Balaban J connectivity index is 1.25. The van der Waals surface area contributed by atoms with Gasteiger partial charge in [0.25, 0.3) is 0 Å². The molecule has 1 aliphatic rings. The summed E-state index contributed by atoms with van der Waals surface area (Å²) in [6.45, 7) is 1.57. The molecule has 0 aliphatic carbocycles. The van der Waals surface area contributed by atoms with Gasteiger partial charge in [-0.25, -0.2) is 9.67 Å². The quantitative estimate of drug-likeness (QED) is 0.717. The van der Waals surface area contributed by atoms with Crippen LogP contribution in [0.5, 0.6) is 5.75 Å². The molecule has 0 radical (unpaired) electrons. The molecule has 130 valence electrons. The molecule has 2 heterocycles. The molecule has 0 amide bonds. The average Bonchev–Trinajstić information content (AvgIpc) is 3.12. The summed E-state index contributed by atoms with van der Waals surface area (Å²) in [5.74, 6) is 1.82. The molecular weight excluding hydrogens is 316 g/mol. The van der Waals surface area contributed by atoms with Crippen LogP contribution in [-0.4, -0.2) is 45.2 Å². The average molecular weight is 338 g/mol. The zero-order valence-corrected chi connectivity index (χ0v) is 14.0. The van der Waals surface area contributed by atoms with Crippen molar-refractivity contribution in [1.82, 2.24) is 20.1 Å². The van der Waals surface area contributed by atoms with E-state index in [1.165, 1.54) is 5.39 Å². The predicted octanol–water partition coefficient (Wildman–Crippen LogP) is 1.78. The van der Waals surface area contributed by atoms with Crippen molar-refractivity contribution in [3.8, 4) is 5.75 Å². The van der Waals surface area contributed by atoms with Gasteiger partial charge in [0.05, 0.1) is 6.54 Å². The minimum absolute atomic E-state index is 0.270. The third-order valence-electron chi connectivity index (χ3n) is 4.61. The number of aliphatic hydroxyl groups excluding tert-OH is 1. The second-order valence-electron chi connectivity index (χ2n) is 6.48. The molecule has 1 aliphatic heterocycles. The molecule has 4 rings (SSSR count). The van der Waals surface area contributed by atoms with Crippen LogP contribution in [0.2, 0.25) is 0 Å². The number of aliphatic hydroxyl groups is 1. The van der Waals surface area contributed by atoms with E-state index in [-0.39, 0.29) is 6.61 Å². The normalized spacial score (nSPS) is 18.0. The minimum atomic E-state index is -0.552. The maximum atomic E-state index is 10.2. The molecular formula is C19H22N4O2. The van der Waals surface area contributed by atoms with Gasteiger partial charge in [-0.15, -0.1) is 0 Å². The van der Waals surface area contributed by atoms with E-state index >= 15 is 0 Å². The van der Waals surface area contributed by atoms with E-state index in [0.29, 0.717) is 12.6 Å². The molecule has 2 N–H and O–H groups in total. The van der Waals surface area contributed by atoms with Gasteiger partial charge in [0, 0.05) is 19.0 Å². The number of hydrogen-bond donors (Lipinski definition) is 2. The van der Waals surface area contributed by atoms with E-state index in [2.05, 4.69) is 27.5 Å². The van der Waals surface area contributed by atoms with Gasteiger partial charge in [-0.05, 0) is 29.3 Å². The lowest BCUT2D eigenvalue weighted by molar-refractivity contribution is 0.101. The molecule has 0 bridgehead atoms. The van der Waals surface area contributed by atoms with Gasteiger partial charge in [0.2, 0.25) is 0 Å². The summed E-state index contributed by atoms with van der Waals surface area (Å²) in [7, 11) is 0. The van der Waals surface area contributed by atoms with Crippen molar-refractivity contribution < 1.29 is 9.84 Å². The number of nitrogens with zero attached hydrogens (tertiary/aromatic N) is 3. The van der Waals surface area contributed by atoms with Gasteiger partial charge < -0.3 is 15.2 Å². The van der Waals surface area contributed by atoms with Crippen LogP contribution in [0.3, 0.4) is 0 Å². The number of rotatable bonds is 6. The first-order valence-electron chi connectivity index (χ1n) is 8.67. The summed E-state index contributed by atoms with van der Waals surface area (Å²) in [4.78, 5) is 4.23. The first kappa shape index (κ1) is 16.1. The van der Waals surface area contributed by atoms with Gasteiger partial charge in [-0.3, -0.25) is 0 Å². The molecule has 1 aromatic heterocycles. The lowest BCUT2D eigenvalue weighted by atomic mass is 10.1. The highest BCUT2D eigenvalue weighted by Crippen LogP contribution is 2.20. The van der Waals surface area contributed by atoms with E-state index in [1.807, 2.05) is 35.0 Å². The maximum Gasteiger partial charge on any atom is 0.138 e. The predicted molar refractivity (Wildman–Crippen MR) is 95.6 cm³/mol. The topological polar surface area (TPSA) is 72.2 Å². The van der Waals surface area contributed by atoms with Crippen LogP contribution < -0.4 is 10.1 Å². The monoisotopic (exact) mass is 338 g/mol. The molecule has 0 spiro atoms. The lowest BCUT2D eigenvalue weighted by Gasteiger charge is -2.24. The van der Waals surface area contributed by atoms with E-state index in [4.69, 9.17) is 4.74 Å². The molecule has 6 nitrogen and oxygen atoms in total. The molecule has 0 saturated heterocycles. The molecule has 25 heavy (non-hydrogen) atoms. The van der Waals surface area contributed by atoms with Crippen LogP contribution in [0.1, 0.15) is 12.2 Å². The van der Waals surface area contributed by atoms with Crippen LogP contribution >= 0.6 is 0 Å². The Bertz CT molecular complexity index is 848. The third-order valence-corrected chi connectivity index (χ3v) is 4.61. The Morgan fingerprint density at radius 3 is 3.04 bits per heavy atom. The van der Waals surface area contributed by atoms with Gasteiger partial charge in [-0.2, -0.15) is 5.10 Å². The molecule has 0 fully saturated rings. The van der Waals surface area contributed by atoms with E-state index in [0.717, 1.165) is 36.3 Å². The van der Waals surface area contributed by atoms with Gasteiger partial charge in [-0.1, -0.05) is 30.3 Å². The summed E-state index contributed by atoms with van der Waals surface area (Å²) in [6, 6.07) is 14.4. The zero-order chi connectivity index (χ0) is 17.1. The third kappa shape index (κ3) is 3.81. The first-order valence-corrected chi connectivity index (χ1v) is 8.67. The second kappa shape index (κ2) is 7.21. The summed E-state index contributed by atoms with van der Waals surface area (Å²) in [5.41, 5.74) is 0. The van der Waals surface area contributed by atoms with Crippen LogP contribution in [0.4, 0.5) is 0 Å². The Labute approximate surface area is 146 Å². The number of hydrogen-bond acceptors (Lipinski definition) is 5. The van der Waals surface area contributed by atoms with Crippen LogP contribution in [0.25, 0.3) is 10.8 Å². The summed E-state index contributed by atoms with van der Waals surface area (Å²) >= 11 is 0. The van der Waals surface area contributed by atoms with Gasteiger partial charge in [0.1, 0.15) is 30.6 Å².